The minimum absolute atomic E-state index is 0.0269. The summed E-state index contributed by atoms with van der Waals surface area (Å²) in [4.78, 5) is 50.8. The lowest BCUT2D eigenvalue weighted by Gasteiger charge is -2.29. The third-order valence-electron chi connectivity index (χ3n) is 8.10. The maximum Gasteiger partial charge on any atom is 0.243 e. The lowest BCUT2D eigenvalue weighted by molar-refractivity contribution is -0.128. The third-order valence-corrected chi connectivity index (χ3v) is 8.10. The van der Waals surface area contributed by atoms with E-state index in [1.807, 2.05) is 37.3 Å². The molecule has 9 nitrogen and oxygen atoms in total. The lowest BCUT2D eigenvalue weighted by atomic mass is 10.0. The van der Waals surface area contributed by atoms with Crippen LogP contribution in [0.15, 0.2) is 42.5 Å². The van der Waals surface area contributed by atoms with Crippen molar-refractivity contribution in [3.63, 3.8) is 0 Å². The van der Waals surface area contributed by atoms with Crippen molar-refractivity contribution in [3.05, 3.63) is 64.7 Å². The van der Waals surface area contributed by atoms with Gasteiger partial charge in [-0.15, -0.1) is 0 Å². The van der Waals surface area contributed by atoms with Crippen LogP contribution in [0.1, 0.15) is 80.5 Å². The number of nitrogens with two attached hydrogens (primary N) is 2. The van der Waals surface area contributed by atoms with E-state index in [1.165, 1.54) is 5.56 Å². The number of benzene rings is 2. The Hall–Kier alpha value is -3.72. The third kappa shape index (κ3) is 8.16. The molecule has 0 fully saturated rings. The molecule has 2 aliphatic heterocycles. The van der Waals surface area contributed by atoms with Gasteiger partial charge in [-0.25, -0.2) is 0 Å². The van der Waals surface area contributed by atoms with Gasteiger partial charge in [0.25, 0.3) is 0 Å². The standard InChI is InChI=1S/C32H42N4O5/c1-21(41-20-23-15-13-22(14-16-23)7-3-2-4-11-28(33)37)26(17-18-29(34)38)35-32(40)27-19-25-10-5-8-24-9-6-12-30(39)36(27)31(24)25/h5,8,10,13-16,21,26-27H,2-4,6-7,9,11-12,17-20H2,1H3,(H2,33,37)(H2,34,38)(H,35,40)/t21-,26+,27+/m1/s1. The number of primary amides is 2. The van der Waals surface area contributed by atoms with Crippen LogP contribution in [0.3, 0.4) is 0 Å². The fourth-order valence-corrected chi connectivity index (χ4v) is 5.79. The summed E-state index contributed by atoms with van der Waals surface area (Å²) >= 11 is 0. The first-order chi connectivity index (χ1) is 19.7. The van der Waals surface area contributed by atoms with Crippen LogP contribution in [0.4, 0.5) is 5.69 Å². The number of rotatable bonds is 15. The number of hydrogen-bond acceptors (Lipinski definition) is 5. The zero-order valence-corrected chi connectivity index (χ0v) is 23.9. The normalized spacial score (nSPS) is 17.4. The number of unbranched alkanes of at least 4 members (excludes halogenated alkanes) is 2. The molecule has 41 heavy (non-hydrogen) atoms. The van der Waals surface area contributed by atoms with Gasteiger partial charge in [0, 0.05) is 25.7 Å². The number of para-hydroxylation sites is 1. The highest BCUT2D eigenvalue weighted by Crippen LogP contribution is 2.39. The predicted octanol–water partition coefficient (Wildman–Crippen LogP) is 3.22. The minimum Gasteiger partial charge on any atom is -0.372 e. The van der Waals surface area contributed by atoms with Crippen molar-refractivity contribution < 1.29 is 23.9 Å². The Morgan fingerprint density at radius 3 is 2.39 bits per heavy atom. The van der Waals surface area contributed by atoms with Crippen LogP contribution in [0.25, 0.3) is 0 Å². The second kappa shape index (κ2) is 14.3. The predicted molar refractivity (Wildman–Crippen MR) is 157 cm³/mol. The molecular formula is C32H42N4O5. The molecule has 2 aromatic rings. The maximum absolute atomic E-state index is 13.6. The Morgan fingerprint density at radius 2 is 1.66 bits per heavy atom. The Labute approximate surface area is 242 Å². The van der Waals surface area contributed by atoms with Gasteiger partial charge in [-0.05, 0) is 67.7 Å². The van der Waals surface area contributed by atoms with Crippen molar-refractivity contribution in [2.45, 2.75) is 102 Å². The molecule has 0 saturated carbocycles. The second-order valence-electron chi connectivity index (χ2n) is 11.2. The molecule has 0 bridgehead atoms. The average molecular weight is 563 g/mol. The zero-order chi connectivity index (χ0) is 29.4. The van der Waals surface area contributed by atoms with E-state index in [0.717, 1.165) is 60.9 Å². The first kappa shape index (κ1) is 30.2. The van der Waals surface area contributed by atoms with Gasteiger partial charge in [-0.3, -0.25) is 24.1 Å². The number of aryl methyl sites for hydroxylation is 2. The molecule has 0 saturated heterocycles. The number of hydrogen-bond donors (Lipinski definition) is 3. The van der Waals surface area contributed by atoms with E-state index in [1.54, 1.807) is 4.90 Å². The van der Waals surface area contributed by atoms with Crippen molar-refractivity contribution in [1.82, 2.24) is 5.32 Å². The van der Waals surface area contributed by atoms with Crippen molar-refractivity contribution in [3.8, 4) is 0 Å². The van der Waals surface area contributed by atoms with E-state index in [2.05, 4.69) is 17.4 Å². The van der Waals surface area contributed by atoms with E-state index >= 15 is 0 Å². The lowest BCUT2D eigenvalue weighted by Crippen LogP contribution is -2.53. The van der Waals surface area contributed by atoms with Crippen LogP contribution in [0, 0.1) is 0 Å². The molecule has 4 amide bonds. The highest BCUT2D eigenvalue weighted by molar-refractivity contribution is 6.04. The largest absolute Gasteiger partial charge is 0.372 e. The molecular weight excluding hydrogens is 520 g/mol. The Bertz CT molecular complexity index is 1250. The summed E-state index contributed by atoms with van der Waals surface area (Å²) in [6.45, 7) is 2.23. The Morgan fingerprint density at radius 1 is 0.951 bits per heavy atom. The summed E-state index contributed by atoms with van der Waals surface area (Å²) in [6.07, 6.45) is 6.69. The van der Waals surface area contributed by atoms with Gasteiger partial charge < -0.3 is 21.5 Å². The summed E-state index contributed by atoms with van der Waals surface area (Å²) in [5.74, 6) is -0.967. The molecule has 3 atom stereocenters. The number of anilines is 1. The van der Waals surface area contributed by atoms with Gasteiger partial charge in [0.2, 0.25) is 23.6 Å². The molecule has 220 valence electrons. The first-order valence-corrected chi connectivity index (χ1v) is 14.7. The summed E-state index contributed by atoms with van der Waals surface area (Å²) in [7, 11) is 0. The van der Waals surface area contributed by atoms with Crippen molar-refractivity contribution in [2.24, 2.45) is 11.5 Å². The highest BCUT2D eigenvalue weighted by atomic mass is 16.5. The van der Waals surface area contributed by atoms with Gasteiger partial charge in [0.1, 0.15) is 6.04 Å². The Kier molecular flexibility index (Phi) is 10.5. The first-order valence-electron chi connectivity index (χ1n) is 14.7. The highest BCUT2D eigenvalue weighted by Gasteiger charge is 2.41. The molecule has 2 aromatic carbocycles. The second-order valence-corrected chi connectivity index (χ2v) is 11.2. The molecule has 5 N–H and O–H groups in total. The summed E-state index contributed by atoms with van der Waals surface area (Å²) in [6, 6.07) is 13.2. The Balaban J connectivity index is 1.34. The fourth-order valence-electron chi connectivity index (χ4n) is 5.79. The van der Waals surface area contributed by atoms with Crippen LogP contribution in [0.5, 0.6) is 0 Å². The molecule has 0 aliphatic carbocycles. The van der Waals surface area contributed by atoms with Crippen LogP contribution in [0.2, 0.25) is 0 Å². The topological polar surface area (TPSA) is 145 Å². The minimum atomic E-state index is -0.622. The molecule has 4 rings (SSSR count). The van der Waals surface area contributed by atoms with Crippen molar-refractivity contribution in [2.75, 3.05) is 4.90 Å². The van der Waals surface area contributed by atoms with Gasteiger partial charge >= 0.3 is 0 Å². The van der Waals surface area contributed by atoms with Crippen molar-refractivity contribution >= 4 is 29.3 Å². The van der Waals surface area contributed by atoms with Crippen molar-refractivity contribution in [1.29, 1.82) is 0 Å². The SMILES string of the molecule is C[C@@H](OCc1ccc(CCCCCC(N)=O)cc1)[C@H](CCC(N)=O)NC(=O)[C@@H]1Cc2cccc3c2N1C(=O)CCC3. The number of amides is 4. The smallest absolute Gasteiger partial charge is 0.243 e. The maximum atomic E-state index is 13.6. The number of carbonyl (C=O) groups is 4. The number of nitrogens with one attached hydrogen (secondary N) is 1. The van der Waals surface area contributed by atoms with E-state index < -0.39 is 18.0 Å². The van der Waals surface area contributed by atoms with Crippen LogP contribution >= 0.6 is 0 Å². The number of ether oxygens (including phenoxy) is 1. The van der Waals surface area contributed by atoms with Gasteiger partial charge in [-0.2, -0.15) is 0 Å². The molecule has 2 heterocycles. The monoisotopic (exact) mass is 562 g/mol. The molecule has 0 aromatic heterocycles. The van der Waals surface area contributed by atoms with Gasteiger partial charge in [0.15, 0.2) is 0 Å². The summed E-state index contributed by atoms with van der Waals surface area (Å²) < 4.78 is 6.16. The van der Waals surface area contributed by atoms with E-state index in [-0.39, 0.29) is 30.2 Å². The molecule has 0 unspecified atom stereocenters. The molecule has 2 aliphatic rings. The molecule has 9 heteroatoms. The molecule has 0 spiro atoms. The van der Waals surface area contributed by atoms with Crippen LogP contribution in [-0.2, 0) is 49.8 Å². The van der Waals surface area contributed by atoms with E-state index in [9.17, 15) is 19.2 Å². The number of nitrogens with zero attached hydrogens (tertiary/aromatic N) is 1. The van der Waals surface area contributed by atoms with Crippen LogP contribution < -0.4 is 21.7 Å². The fraction of sp³-hybridized carbons (Fsp3) is 0.500. The summed E-state index contributed by atoms with van der Waals surface area (Å²) in [5.41, 5.74) is 15.9. The summed E-state index contributed by atoms with van der Waals surface area (Å²) in [5, 5.41) is 3.09. The van der Waals surface area contributed by atoms with E-state index in [4.69, 9.17) is 16.2 Å². The zero-order valence-electron chi connectivity index (χ0n) is 23.9. The van der Waals surface area contributed by atoms with Gasteiger partial charge in [-0.1, -0.05) is 48.9 Å². The van der Waals surface area contributed by atoms with E-state index in [0.29, 0.717) is 32.3 Å². The number of carbonyl (C=O) groups excluding carboxylic acids is 4. The van der Waals surface area contributed by atoms with Gasteiger partial charge in [0.05, 0.1) is 24.4 Å². The quantitative estimate of drug-likeness (QED) is 0.286. The van der Waals surface area contributed by atoms with Crippen LogP contribution in [-0.4, -0.2) is 41.8 Å². The average Bonchev–Trinajstić information content (AvgIpc) is 3.26. The molecule has 0 radical (unpaired) electrons.